The number of methoxy groups -OCH3 is 1. The number of aromatic nitrogens is 2. The first-order valence-corrected chi connectivity index (χ1v) is 9.03. The Labute approximate surface area is 169 Å². The van der Waals surface area contributed by atoms with Crippen molar-refractivity contribution in [2.45, 2.75) is 25.5 Å². The van der Waals surface area contributed by atoms with Gasteiger partial charge in [0.25, 0.3) is 0 Å². The van der Waals surface area contributed by atoms with Gasteiger partial charge < -0.3 is 30.1 Å². The fourth-order valence-corrected chi connectivity index (χ4v) is 2.37. The first-order valence-electron chi connectivity index (χ1n) is 8.65. The van der Waals surface area contributed by atoms with Gasteiger partial charge in [-0.25, -0.2) is 5.84 Å². The lowest BCUT2D eigenvalue weighted by Crippen LogP contribution is -2.48. The van der Waals surface area contributed by atoms with Crippen LogP contribution in [-0.4, -0.2) is 53.8 Å². The smallest absolute Gasteiger partial charge is 0.233 e. The van der Waals surface area contributed by atoms with Gasteiger partial charge in [-0.05, 0) is 32.0 Å². The molecule has 1 aromatic heterocycles. The average Bonchev–Trinajstić information content (AvgIpc) is 2.70. The lowest BCUT2D eigenvalue weighted by atomic mass is 10.1. The summed E-state index contributed by atoms with van der Waals surface area (Å²) in [6, 6.07) is 8.42. The van der Waals surface area contributed by atoms with Gasteiger partial charge in [-0.1, -0.05) is 11.6 Å². The molecule has 1 unspecified atom stereocenters. The van der Waals surface area contributed by atoms with Crippen LogP contribution in [0.1, 0.15) is 13.8 Å². The maximum absolute atomic E-state index is 10.2. The third-order valence-corrected chi connectivity index (χ3v) is 4.05. The van der Waals surface area contributed by atoms with Crippen LogP contribution >= 0.6 is 11.6 Å². The van der Waals surface area contributed by atoms with Crippen molar-refractivity contribution in [3.05, 3.63) is 35.4 Å². The molecule has 0 saturated carbocycles. The number of hydrazine groups is 1. The quantitative estimate of drug-likeness (QED) is 0.322. The lowest BCUT2D eigenvalue weighted by molar-refractivity contribution is 0.0923. The predicted octanol–water partition coefficient (Wildman–Crippen LogP) is 1.61. The number of nitrogens with zero attached hydrogens (tertiary/aromatic N) is 2. The fourth-order valence-electron chi connectivity index (χ4n) is 2.14. The van der Waals surface area contributed by atoms with Gasteiger partial charge in [0, 0.05) is 24.2 Å². The Morgan fingerprint density at radius 3 is 2.61 bits per heavy atom. The summed E-state index contributed by atoms with van der Waals surface area (Å²) >= 11 is 6.12. The van der Waals surface area contributed by atoms with Crippen LogP contribution in [0.3, 0.4) is 0 Å². The van der Waals surface area contributed by atoms with Gasteiger partial charge in [0.05, 0.1) is 12.1 Å². The third kappa shape index (κ3) is 7.01. The van der Waals surface area contributed by atoms with Crippen molar-refractivity contribution in [1.82, 2.24) is 15.5 Å². The molecule has 9 nitrogen and oxygen atoms in total. The minimum Gasteiger partial charge on any atom is -0.497 e. The largest absolute Gasteiger partial charge is 0.497 e. The summed E-state index contributed by atoms with van der Waals surface area (Å²) in [6.45, 7) is 4.63. The molecule has 5 N–H and O–H groups in total. The van der Waals surface area contributed by atoms with Gasteiger partial charge in [-0.2, -0.15) is 0 Å². The summed E-state index contributed by atoms with van der Waals surface area (Å²) in [5, 5.41) is 21.6. The number of benzene rings is 1. The molecule has 0 aliphatic rings. The molecule has 0 fully saturated rings. The number of aliphatic hydroxyl groups is 1. The van der Waals surface area contributed by atoms with E-state index < -0.39 is 11.6 Å². The van der Waals surface area contributed by atoms with Crippen molar-refractivity contribution in [3.63, 3.8) is 0 Å². The monoisotopic (exact) mass is 411 g/mol. The maximum Gasteiger partial charge on any atom is 0.233 e. The third-order valence-electron chi connectivity index (χ3n) is 3.76. The van der Waals surface area contributed by atoms with Gasteiger partial charge in [-0.15, -0.1) is 10.2 Å². The van der Waals surface area contributed by atoms with Crippen LogP contribution in [0.2, 0.25) is 5.02 Å². The SMILES string of the molecule is COc1ccc(OCC(O)CNC(C)(C)COc2ccc(NN)nn2)c(Cl)c1. The molecule has 0 amide bonds. The normalized spacial score (nSPS) is 12.4. The van der Waals surface area contributed by atoms with Crippen LogP contribution in [0.5, 0.6) is 17.4 Å². The molecule has 0 spiro atoms. The van der Waals surface area contributed by atoms with Gasteiger partial charge in [0.2, 0.25) is 5.88 Å². The number of nitrogens with two attached hydrogens (primary N) is 1. The number of β-amino-alcohol motifs (C(OH)–C–C–N with tert-alkyl or cyclic N) is 1. The highest BCUT2D eigenvalue weighted by atomic mass is 35.5. The van der Waals surface area contributed by atoms with E-state index >= 15 is 0 Å². The summed E-state index contributed by atoms with van der Waals surface area (Å²) < 4.78 is 16.3. The van der Waals surface area contributed by atoms with Crippen molar-refractivity contribution in [2.75, 3.05) is 32.3 Å². The Hall–Kier alpha value is -2.33. The number of ether oxygens (including phenoxy) is 3. The van der Waals surface area contributed by atoms with E-state index in [0.29, 0.717) is 41.4 Å². The molecule has 0 radical (unpaired) electrons. The Bertz CT molecular complexity index is 745. The van der Waals surface area contributed by atoms with Gasteiger partial charge in [0.1, 0.15) is 30.8 Å². The number of aliphatic hydroxyl groups excluding tert-OH is 1. The van der Waals surface area contributed by atoms with E-state index in [1.807, 2.05) is 13.8 Å². The predicted molar refractivity (Wildman–Crippen MR) is 107 cm³/mol. The van der Waals surface area contributed by atoms with Crippen molar-refractivity contribution in [1.29, 1.82) is 0 Å². The molecule has 28 heavy (non-hydrogen) atoms. The van der Waals surface area contributed by atoms with Crippen molar-refractivity contribution < 1.29 is 19.3 Å². The molecular formula is C18H26ClN5O4. The molecule has 2 aromatic rings. The summed E-state index contributed by atoms with van der Waals surface area (Å²) in [5.41, 5.74) is 1.99. The molecule has 0 aliphatic carbocycles. The molecule has 0 saturated heterocycles. The number of anilines is 1. The number of nitrogen functional groups attached to an aromatic ring is 1. The molecule has 1 atom stereocenters. The summed E-state index contributed by atoms with van der Waals surface area (Å²) in [4.78, 5) is 0. The Balaban J connectivity index is 1.74. The molecule has 0 bridgehead atoms. The number of nitrogens with one attached hydrogen (secondary N) is 2. The van der Waals surface area contributed by atoms with Crippen LogP contribution in [0, 0.1) is 0 Å². The first-order chi connectivity index (χ1) is 13.3. The summed E-state index contributed by atoms with van der Waals surface area (Å²) in [5.74, 6) is 7.20. The van der Waals surface area contributed by atoms with E-state index in [1.165, 1.54) is 0 Å². The summed E-state index contributed by atoms with van der Waals surface area (Å²) in [6.07, 6.45) is -0.729. The van der Waals surface area contributed by atoms with E-state index in [0.717, 1.165) is 0 Å². The van der Waals surface area contributed by atoms with Crippen LogP contribution in [0.25, 0.3) is 0 Å². The number of halogens is 1. The van der Waals surface area contributed by atoms with Crippen LogP contribution < -0.4 is 30.8 Å². The minimum atomic E-state index is -0.729. The summed E-state index contributed by atoms with van der Waals surface area (Å²) in [7, 11) is 1.56. The molecule has 10 heteroatoms. The van der Waals surface area contributed by atoms with Crippen molar-refractivity contribution in [2.24, 2.45) is 5.84 Å². The highest BCUT2D eigenvalue weighted by molar-refractivity contribution is 6.32. The number of hydrogen-bond donors (Lipinski definition) is 4. The average molecular weight is 412 g/mol. The fraction of sp³-hybridized carbons (Fsp3) is 0.444. The maximum atomic E-state index is 10.2. The molecule has 1 aromatic carbocycles. The molecule has 1 heterocycles. The molecular weight excluding hydrogens is 386 g/mol. The van der Waals surface area contributed by atoms with Crippen LogP contribution in [-0.2, 0) is 0 Å². The minimum absolute atomic E-state index is 0.0923. The van der Waals surface area contributed by atoms with Gasteiger partial charge in [0.15, 0.2) is 5.82 Å². The second kappa shape index (κ2) is 10.3. The second-order valence-corrected chi connectivity index (χ2v) is 7.12. The first kappa shape index (κ1) is 22.0. The highest BCUT2D eigenvalue weighted by Gasteiger charge is 2.20. The second-order valence-electron chi connectivity index (χ2n) is 6.72. The van der Waals surface area contributed by atoms with Gasteiger partial charge in [-0.3, -0.25) is 0 Å². The molecule has 0 aliphatic heterocycles. The van der Waals surface area contributed by atoms with E-state index in [9.17, 15) is 5.11 Å². The molecule has 154 valence electrons. The van der Waals surface area contributed by atoms with E-state index in [4.69, 9.17) is 31.7 Å². The highest BCUT2D eigenvalue weighted by Crippen LogP contribution is 2.28. The number of hydrogen-bond acceptors (Lipinski definition) is 9. The van der Waals surface area contributed by atoms with Crippen molar-refractivity contribution in [3.8, 4) is 17.4 Å². The van der Waals surface area contributed by atoms with Crippen LogP contribution in [0.15, 0.2) is 30.3 Å². The lowest BCUT2D eigenvalue weighted by Gasteiger charge is -2.27. The van der Waals surface area contributed by atoms with E-state index in [1.54, 1.807) is 37.4 Å². The standard InChI is InChI=1S/C18H26ClN5O4/c1-18(2,11-28-17-7-6-16(22-20)23-24-17)21-9-12(25)10-27-15-5-4-13(26-3)8-14(15)19/h4-8,12,21,25H,9-11,20H2,1-3H3,(H,22,23). The number of rotatable bonds is 11. The van der Waals surface area contributed by atoms with E-state index in [2.05, 4.69) is 20.9 Å². The Morgan fingerprint density at radius 1 is 1.21 bits per heavy atom. The zero-order chi connectivity index (χ0) is 20.6. The van der Waals surface area contributed by atoms with Gasteiger partial charge >= 0.3 is 0 Å². The molecule has 2 rings (SSSR count). The van der Waals surface area contributed by atoms with Crippen LogP contribution in [0.4, 0.5) is 5.82 Å². The zero-order valence-corrected chi connectivity index (χ0v) is 16.9. The topological polar surface area (TPSA) is 124 Å². The Kier molecular flexibility index (Phi) is 8.06. The Morgan fingerprint density at radius 2 is 2.00 bits per heavy atom. The zero-order valence-electron chi connectivity index (χ0n) is 16.1. The van der Waals surface area contributed by atoms with Crippen molar-refractivity contribution >= 4 is 17.4 Å². The van der Waals surface area contributed by atoms with E-state index in [-0.39, 0.29) is 6.61 Å².